The molecule has 0 bridgehead atoms. The average Bonchev–Trinajstić information content (AvgIpc) is 3.24. The number of rotatable bonds is 7. The van der Waals surface area contributed by atoms with E-state index in [1.807, 2.05) is 30.3 Å². The molecule has 0 aliphatic heterocycles. The van der Waals surface area contributed by atoms with Gasteiger partial charge in [0.2, 0.25) is 5.89 Å². The van der Waals surface area contributed by atoms with Crippen LogP contribution in [-0.2, 0) is 6.42 Å². The normalized spacial score (nSPS) is 16.4. The van der Waals surface area contributed by atoms with Crippen molar-refractivity contribution in [3.05, 3.63) is 47.6 Å². The first-order chi connectivity index (χ1) is 11.6. The van der Waals surface area contributed by atoms with Crippen molar-refractivity contribution in [2.24, 2.45) is 5.41 Å². The molecule has 7 nitrogen and oxygen atoms in total. The first kappa shape index (κ1) is 16.4. The van der Waals surface area contributed by atoms with E-state index in [-0.39, 0.29) is 24.1 Å². The molecule has 1 aliphatic rings. The monoisotopic (exact) mass is 330 g/mol. The second-order valence-electron chi connectivity index (χ2n) is 6.42. The second kappa shape index (κ2) is 7.00. The molecule has 24 heavy (non-hydrogen) atoms. The van der Waals surface area contributed by atoms with Crippen LogP contribution in [0.1, 0.15) is 43.1 Å². The van der Waals surface area contributed by atoms with Gasteiger partial charge in [-0.05, 0) is 25.3 Å². The van der Waals surface area contributed by atoms with E-state index in [1.54, 1.807) is 6.92 Å². The Bertz CT molecular complexity index is 682. The van der Waals surface area contributed by atoms with Crippen molar-refractivity contribution in [2.75, 3.05) is 13.2 Å². The maximum atomic E-state index is 11.9. The number of benzene rings is 1. The van der Waals surface area contributed by atoms with E-state index in [0.29, 0.717) is 24.7 Å². The number of carbonyl (C=O) groups excluding carboxylic acids is 1. The maximum Gasteiger partial charge on any atom is 0.315 e. The minimum absolute atomic E-state index is 0.106. The fourth-order valence-electron chi connectivity index (χ4n) is 2.44. The molecular formula is C17H22N4O3. The third-order valence-corrected chi connectivity index (χ3v) is 4.32. The summed E-state index contributed by atoms with van der Waals surface area (Å²) in [6.45, 7) is 2.37. The van der Waals surface area contributed by atoms with E-state index in [0.717, 1.165) is 18.4 Å². The molecule has 0 saturated heterocycles. The topological polar surface area (TPSA) is 100 Å². The number of aliphatic hydroxyl groups is 1. The van der Waals surface area contributed by atoms with E-state index >= 15 is 0 Å². The second-order valence-corrected chi connectivity index (χ2v) is 6.42. The summed E-state index contributed by atoms with van der Waals surface area (Å²) in [5.74, 6) is 0.960. The van der Waals surface area contributed by atoms with Crippen LogP contribution in [0.15, 0.2) is 34.9 Å². The number of urea groups is 1. The predicted octanol–water partition coefficient (Wildman–Crippen LogP) is 1.79. The number of amides is 2. The number of hydrogen-bond donors (Lipinski definition) is 3. The van der Waals surface area contributed by atoms with E-state index < -0.39 is 0 Å². The number of nitrogens with zero attached hydrogens (tertiary/aromatic N) is 2. The molecular weight excluding hydrogens is 308 g/mol. The molecule has 0 spiro atoms. The first-order valence-electron chi connectivity index (χ1n) is 8.12. The zero-order valence-corrected chi connectivity index (χ0v) is 13.7. The molecule has 0 radical (unpaired) electrons. The number of aliphatic hydroxyl groups excluding tert-OH is 1. The van der Waals surface area contributed by atoms with Crippen LogP contribution in [0.3, 0.4) is 0 Å². The van der Waals surface area contributed by atoms with E-state index in [9.17, 15) is 9.90 Å². The van der Waals surface area contributed by atoms with Gasteiger partial charge in [-0.15, -0.1) is 0 Å². The van der Waals surface area contributed by atoms with Crippen molar-refractivity contribution >= 4 is 6.03 Å². The van der Waals surface area contributed by atoms with Crippen LogP contribution in [0.2, 0.25) is 0 Å². The summed E-state index contributed by atoms with van der Waals surface area (Å²) in [7, 11) is 0. The van der Waals surface area contributed by atoms with Gasteiger partial charge in [0.1, 0.15) is 6.04 Å². The Morgan fingerprint density at radius 2 is 2.12 bits per heavy atom. The van der Waals surface area contributed by atoms with Gasteiger partial charge in [0.25, 0.3) is 0 Å². The number of nitrogens with one attached hydrogen (secondary N) is 2. The third kappa shape index (κ3) is 4.11. The molecule has 1 aromatic heterocycles. The highest BCUT2D eigenvalue weighted by Crippen LogP contribution is 2.44. The Kier molecular flexibility index (Phi) is 4.80. The lowest BCUT2D eigenvalue weighted by Gasteiger charge is -2.15. The summed E-state index contributed by atoms with van der Waals surface area (Å²) in [4.78, 5) is 16.3. The molecule has 3 rings (SSSR count). The van der Waals surface area contributed by atoms with Gasteiger partial charge in [0.05, 0.1) is 6.61 Å². The number of hydrogen-bond acceptors (Lipinski definition) is 5. The molecule has 1 aromatic carbocycles. The molecule has 2 aromatic rings. The maximum absolute atomic E-state index is 11.9. The molecule has 1 aliphatic carbocycles. The SMILES string of the molecule is CC(NC(=O)NCC1(CO)CC1)c1nc(Cc2ccccc2)no1. The van der Waals surface area contributed by atoms with Gasteiger partial charge in [0, 0.05) is 18.4 Å². The van der Waals surface area contributed by atoms with Crippen LogP contribution in [0.4, 0.5) is 4.79 Å². The largest absolute Gasteiger partial charge is 0.396 e. The Balaban J connectivity index is 1.50. The van der Waals surface area contributed by atoms with Crippen LogP contribution >= 0.6 is 0 Å². The van der Waals surface area contributed by atoms with Crippen molar-refractivity contribution in [3.8, 4) is 0 Å². The zero-order chi connectivity index (χ0) is 17.0. The number of carbonyl (C=O) groups is 1. The van der Waals surface area contributed by atoms with Crippen molar-refractivity contribution < 1.29 is 14.4 Å². The molecule has 1 fully saturated rings. The zero-order valence-electron chi connectivity index (χ0n) is 13.7. The van der Waals surface area contributed by atoms with Gasteiger partial charge in [-0.1, -0.05) is 35.5 Å². The van der Waals surface area contributed by atoms with Gasteiger partial charge in [-0.25, -0.2) is 4.79 Å². The molecule has 2 amide bonds. The molecule has 7 heteroatoms. The lowest BCUT2D eigenvalue weighted by molar-refractivity contribution is 0.201. The molecule has 1 heterocycles. The smallest absolute Gasteiger partial charge is 0.315 e. The lowest BCUT2D eigenvalue weighted by atomic mass is 10.1. The summed E-state index contributed by atoms with van der Waals surface area (Å²) in [5.41, 5.74) is 0.982. The van der Waals surface area contributed by atoms with Gasteiger partial charge < -0.3 is 20.3 Å². The van der Waals surface area contributed by atoms with Crippen molar-refractivity contribution in [1.82, 2.24) is 20.8 Å². The minimum Gasteiger partial charge on any atom is -0.396 e. The fraction of sp³-hybridized carbons (Fsp3) is 0.471. The molecule has 1 unspecified atom stereocenters. The Hall–Kier alpha value is -2.41. The standard InChI is InChI=1S/C17H22N4O3/c1-12(19-16(23)18-10-17(11-22)7-8-17)15-20-14(21-24-15)9-13-5-3-2-4-6-13/h2-6,12,22H,7-11H2,1H3,(H2,18,19,23). The van der Waals surface area contributed by atoms with Crippen LogP contribution in [0, 0.1) is 5.41 Å². The predicted molar refractivity (Wildman–Crippen MR) is 87.2 cm³/mol. The fourth-order valence-corrected chi connectivity index (χ4v) is 2.44. The molecule has 128 valence electrons. The van der Waals surface area contributed by atoms with E-state index in [1.165, 1.54) is 0 Å². The highest BCUT2D eigenvalue weighted by molar-refractivity contribution is 5.74. The molecule has 1 saturated carbocycles. The van der Waals surface area contributed by atoms with E-state index in [2.05, 4.69) is 20.8 Å². The molecule has 1 atom stereocenters. The summed E-state index contributed by atoms with van der Waals surface area (Å²) in [5, 5.41) is 18.8. The van der Waals surface area contributed by atoms with Crippen molar-refractivity contribution in [3.63, 3.8) is 0 Å². The van der Waals surface area contributed by atoms with Crippen molar-refractivity contribution in [1.29, 1.82) is 0 Å². The van der Waals surface area contributed by atoms with Gasteiger partial charge in [-0.2, -0.15) is 4.98 Å². The molecule has 3 N–H and O–H groups in total. The summed E-state index contributed by atoms with van der Waals surface area (Å²) < 4.78 is 5.23. The Morgan fingerprint density at radius 1 is 1.38 bits per heavy atom. The third-order valence-electron chi connectivity index (χ3n) is 4.32. The van der Waals surface area contributed by atoms with Crippen LogP contribution in [0.25, 0.3) is 0 Å². The Morgan fingerprint density at radius 3 is 2.79 bits per heavy atom. The van der Waals surface area contributed by atoms with Gasteiger partial charge in [0.15, 0.2) is 5.82 Å². The minimum atomic E-state index is -0.383. The van der Waals surface area contributed by atoms with Crippen LogP contribution in [0.5, 0.6) is 0 Å². The average molecular weight is 330 g/mol. The van der Waals surface area contributed by atoms with Gasteiger partial charge in [-0.3, -0.25) is 0 Å². The van der Waals surface area contributed by atoms with E-state index in [4.69, 9.17) is 4.52 Å². The highest BCUT2D eigenvalue weighted by atomic mass is 16.5. The quantitative estimate of drug-likeness (QED) is 0.719. The number of aromatic nitrogens is 2. The van der Waals surface area contributed by atoms with Crippen LogP contribution in [-0.4, -0.2) is 34.4 Å². The van der Waals surface area contributed by atoms with Crippen LogP contribution < -0.4 is 10.6 Å². The Labute approximate surface area is 140 Å². The van der Waals surface area contributed by atoms with Gasteiger partial charge >= 0.3 is 6.03 Å². The summed E-state index contributed by atoms with van der Waals surface area (Å²) in [6, 6.07) is 9.20. The lowest BCUT2D eigenvalue weighted by Crippen LogP contribution is -2.40. The highest BCUT2D eigenvalue weighted by Gasteiger charge is 2.42. The van der Waals surface area contributed by atoms with Crippen molar-refractivity contribution in [2.45, 2.75) is 32.2 Å². The first-order valence-corrected chi connectivity index (χ1v) is 8.12. The summed E-state index contributed by atoms with van der Waals surface area (Å²) >= 11 is 0. The summed E-state index contributed by atoms with van der Waals surface area (Å²) in [6.07, 6.45) is 2.49.